The van der Waals surface area contributed by atoms with Gasteiger partial charge in [-0.2, -0.15) is 0 Å². The molecule has 0 aromatic carbocycles. The maximum atomic E-state index is 12.1. The van der Waals surface area contributed by atoms with E-state index in [1.54, 1.807) is 6.20 Å². The Kier molecular flexibility index (Phi) is 6.19. The largest absolute Gasteiger partial charge is 0.393 e. The summed E-state index contributed by atoms with van der Waals surface area (Å²) >= 11 is 0. The van der Waals surface area contributed by atoms with Crippen LogP contribution in [0.5, 0.6) is 0 Å². The number of carbonyl (C=O) groups excluding carboxylic acids is 1. The fourth-order valence-electron chi connectivity index (χ4n) is 2.99. The van der Waals surface area contributed by atoms with Gasteiger partial charge in [0.1, 0.15) is 5.82 Å². The van der Waals surface area contributed by atoms with Gasteiger partial charge in [-0.1, -0.05) is 13.3 Å². The summed E-state index contributed by atoms with van der Waals surface area (Å²) in [6.07, 6.45) is 5.31. The van der Waals surface area contributed by atoms with Crippen LogP contribution in [0.4, 0.5) is 5.82 Å². The monoisotopic (exact) mass is 305 g/mol. The second kappa shape index (κ2) is 8.13. The summed E-state index contributed by atoms with van der Waals surface area (Å²) in [6.45, 7) is 6.66. The molecule has 1 aromatic rings. The Bertz CT molecular complexity index is 475. The third kappa shape index (κ3) is 4.19. The van der Waals surface area contributed by atoms with Crippen molar-refractivity contribution >= 4 is 11.7 Å². The average Bonchev–Trinajstić information content (AvgIpc) is 2.95. The Morgan fingerprint density at radius 1 is 1.41 bits per heavy atom. The van der Waals surface area contributed by atoms with Crippen LogP contribution in [0.1, 0.15) is 49.9 Å². The van der Waals surface area contributed by atoms with Crippen molar-refractivity contribution in [1.29, 1.82) is 0 Å². The molecule has 0 aliphatic heterocycles. The lowest BCUT2D eigenvalue weighted by Crippen LogP contribution is -2.32. The lowest BCUT2D eigenvalue weighted by atomic mass is 10.1. The van der Waals surface area contributed by atoms with Crippen molar-refractivity contribution in [1.82, 2.24) is 10.3 Å². The van der Waals surface area contributed by atoms with Crippen molar-refractivity contribution in [2.45, 2.75) is 45.6 Å². The molecule has 2 rings (SSSR count). The molecular formula is C17H27N3O2. The number of rotatable bonds is 7. The Labute approximate surface area is 132 Å². The van der Waals surface area contributed by atoms with Crippen LogP contribution in [-0.2, 0) is 0 Å². The van der Waals surface area contributed by atoms with E-state index < -0.39 is 0 Å². The van der Waals surface area contributed by atoms with Crippen LogP contribution in [0.2, 0.25) is 0 Å². The fraction of sp³-hybridized carbons (Fsp3) is 0.647. The van der Waals surface area contributed by atoms with Crippen molar-refractivity contribution in [2.24, 2.45) is 5.92 Å². The van der Waals surface area contributed by atoms with E-state index in [0.29, 0.717) is 12.1 Å². The van der Waals surface area contributed by atoms with E-state index in [1.807, 2.05) is 12.1 Å². The van der Waals surface area contributed by atoms with E-state index in [4.69, 9.17) is 0 Å². The highest BCUT2D eigenvalue weighted by molar-refractivity contribution is 5.94. The number of aromatic nitrogens is 1. The molecule has 2 N–H and O–H groups in total. The van der Waals surface area contributed by atoms with Gasteiger partial charge >= 0.3 is 0 Å². The molecule has 1 aliphatic rings. The number of amides is 1. The molecule has 5 nitrogen and oxygen atoms in total. The Morgan fingerprint density at radius 2 is 2.23 bits per heavy atom. The van der Waals surface area contributed by atoms with Gasteiger partial charge in [-0.3, -0.25) is 4.79 Å². The van der Waals surface area contributed by atoms with Gasteiger partial charge in [0.2, 0.25) is 0 Å². The van der Waals surface area contributed by atoms with Gasteiger partial charge in [0.15, 0.2) is 0 Å². The van der Waals surface area contributed by atoms with Crippen molar-refractivity contribution < 1.29 is 9.90 Å². The molecule has 0 spiro atoms. The van der Waals surface area contributed by atoms with Crippen LogP contribution < -0.4 is 10.2 Å². The summed E-state index contributed by atoms with van der Waals surface area (Å²) in [5.74, 6) is 0.986. The zero-order valence-electron chi connectivity index (χ0n) is 13.6. The number of nitrogens with zero attached hydrogens (tertiary/aromatic N) is 2. The molecule has 1 heterocycles. The van der Waals surface area contributed by atoms with E-state index >= 15 is 0 Å². The summed E-state index contributed by atoms with van der Waals surface area (Å²) in [6, 6.07) is 3.72. The second-order valence-corrected chi connectivity index (χ2v) is 5.95. The number of pyridine rings is 1. The highest BCUT2D eigenvalue weighted by atomic mass is 16.3. The minimum Gasteiger partial charge on any atom is -0.393 e. The predicted octanol–water partition coefficient (Wildman–Crippen LogP) is 2.21. The van der Waals surface area contributed by atoms with Gasteiger partial charge in [0.05, 0.1) is 11.7 Å². The van der Waals surface area contributed by atoms with Crippen molar-refractivity contribution in [3.63, 3.8) is 0 Å². The van der Waals surface area contributed by atoms with Gasteiger partial charge in [-0.15, -0.1) is 0 Å². The number of aliphatic hydroxyl groups is 1. The van der Waals surface area contributed by atoms with Crippen LogP contribution in [0.15, 0.2) is 18.3 Å². The highest BCUT2D eigenvalue weighted by Crippen LogP contribution is 2.24. The van der Waals surface area contributed by atoms with Crippen LogP contribution in [-0.4, -0.2) is 41.7 Å². The smallest absolute Gasteiger partial charge is 0.252 e. The molecule has 0 saturated heterocycles. The lowest BCUT2D eigenvalue weighted by Gasteiger charge is -2.21. The molecule has 122 valence electrons. The van der Waals surface area contributed by atoms with Gasteiger partial charge in [-0.25, -0.2) is 4.98 Å². The number of hydrogen-bond donors (Lipinski definition) is 2. The van der Waals surface area contributed by atoms with Crippen molar-refractivity contribution in [2.75, 3.05) is 24.5 Å². The number of nitrogens with one attached hydrogen (secondary N) is 1. The molecule has 0 radical (unpaired) electrons. The second-order valence-electron chi connectivity index (χ2n) is 5.95. The molecule has 1 aromatic heterocycles. The maximum absolute atomic E-state index is 12.1. The molecule has 1 aliphatic carbocycles. The standard InChI is InChI=1S/C17H27N3O2/c1-3-10-20(4-2)16-9-8-14(12-18-16)17(22)19-11-13-6-5-7-15(13)21/h8-9,12-13,15,21H,3-7,10-11H2,1-2H3,(H,19,22). The van der Waals surface area contributed by atoms with E-state index in [2.05, 4.69) is 29.0 Å². The Balaban J connectivity index is 1.90. The SMILES string of the molecule is CCCN(CC)c1ccc(C(=O)NCC2CCCC2O)cn1. The summed E-state index contributed by atoms with van der Waals surface area (Å²) in [5.41, 5.74) is 0.573. The van der Waals surface area contributed by atoms with Gasteiger partial charge in [0, 0.05) is 31.7 Å². The number of hydrogen-bond acceptors (Lipinski definition) is 4. The summed E-state index contributed by atoms with van der Waals surface area (Å²) in [5, 5.41) is 12.7. The van der Waals surface area contributed by atoms with E-state index in [-0.39, 0.29) is 17.9 Å². The number of anilines is 1. The molecule has 1 fully saturated rings. The lowest BCUT2D eigenvalue weighted by molar-refractivity contribution is 0.0916. The minimum absolute atomic E-state index is 0.114. The van der Waals surface area contributed by atoms with E-state index in [9.17, 15) is 9.90 Å². The summed E-state index contributed by atoms with van der Waals surface area (Å²) < 4.78 is 0. The molecule has 0 bridgehead atoms. The molecule has 1 saturated carbocycles. The zero-order valence-corrected chi connectivity index (χ0v) is 13.6. The van der Waals surface area contributed by atoms with Gasteiger partial charge in [-0.05, 0) is 38.3 Å². The molecule has 5 heteroatoms. The Morgan fingerprint density at radius 3 is 2.77 bits per heavy atom. The third-order valence-corrected chi connectivity index (χ3v) is 4.35. The molecule has 22 heavy (non-hydrogen) atoms. The van der Waals surface area contributed by atoms with Crippen LogP contribution >= 0.6 is 0 Å². The number of aliphatic hydroxyl groups excluding tert-OH is 1. The van der Waals surface area contributed by atoms with E-state index in [1.165, 1.54) is 0 Å². The van der Waals surface area contributed by atoms with Crippen molar-refractivity contribution in [3.05, 3.63) is 23.9 Å². The zero-order chi connectivity index (χ0) is 15.9. The van der Waals surface area contributed by atoms with Crippen LogP contribution in [0, 0.1) is 5.92 Å². The minimum atomic E-state index is -0.270. The first-order chi connectivity index (χ1) is 10.7. The fourth-order valence-corrected chi connectivity index (χ4v) is 2.99. The topological polar surface area (TPSA) is 65.5 Å². The Hall–Kier alpha value is -1.62. The third-order valence-electron chi connectivity index (χ3n) is 4.35. The van der Waals surface area contributed by atoms with E-state index in [0.717, 1.165) is 44.6 Å². The average molecular weight is 305 g/mol. The van der Waals surface area contributed by atoms with Crippen LogP contribution in [0.25, 0.3) is 0 Å². The van der Waals surface area contributed by atoms with Crippen LogP contribution in [0.3, 0.4) is 0 Å². The number of carbonyl (C=O) groups is 1. The predicted molar refractivity (Wildman–Crippen MR) is 88.1 cm³/mol. The molecule has 1 amide bonds. The maximum Gasteiger partial charge on any atom is 0.252 e. The summed E-state index contributed by atoms with van der Waals surface area (Å²) in [4.78, 5) is 18.7. The normalized spacial score (nSPS) is 20.9. The molecule has 2 unspecified atom stereocenters. The van der Waals surface area contributed by atoms with Crippen molar-refractivity contribution in [3.8, 4) is 0 Å². The van der Waals surface area contributed by atoms with Gasteiger partial charge < -0.3 is 15.3 Å². The highest BCUT2D eigenvalue weighted by Gasteiger charge is 2.25. The first-order valence-electron chi connectivity index (χ1n) is 8.33. The first kappa shape index (κ1) is 16.7. The first-order valence-corrected chi connectivity index (χ1v) is 8.33. The molecular weight excluding hydrogens is 278 g/mol. The molecule has 2 atom stereocenters. The summed E-state index contributed by atoms with van der Waals surface area (Å²) in [7, 11) is 0. The quantitative estimate of drug-likeness (QED) is 0.810. The van der Waals surface area contributed by atoms with Gasteiger partial charge in [0.25, 0.3) is 5.91 Å².